The van der Waals surface area contributed by atoms with Crippen molar-refractivity contribution in [2.24, 2.45) is 0 Å². The van der Waals surface area contributed by atoms with E-state index in [2.05, 4.69) is 24.1 Å². The van der Waals surface area contributed by atoms with E-state index in [4.69, 9.17) is 4.74 Å². The lowest BCUT2D eigenvalue weighted by Crippen LogP contribution is -2.40. The third kappa shape index (κ3) is 5.85. The minimum atomic E-state index is -3.58. The highest BCUT2D eigenvalue weighted by Crippen LogP contribution is 2.28. The molecule has 1 amide bonds. The van der Waals surface area contributed by atoms with Crippen LogP contribution in [0.25, 0.3) is 0 Å². The van der Waals surface area contributed by atoms with Crippen molar-refractivity contribution in [3.8, 4) is 0 Å². The normalized spacial score (nSPS) is 17.1. The zero-order valence-electron chi connectivity index (χ0n) is 18.1. The number of carbonyl (C=O) groups is 1. The van der Waals surface area contributed by atoms with Crippen LogP contribution in [0.1, 0.15) is 38.7 Å². The maximum atomic E-state index is 12.7. The van der Waals surface area contributed by atoms with Crippen LogP contribution in [0.4, 0.5) is 5.69 Å². The van der Waals surface area contributed by atoms with E-state index in [9.17, 15) is 13.2 Å². The average Bonchev–Trinajstić information content (AvgIpc) is 2.79. The Morgan fingerprint density at radius 1 is 1.19 bits per heavy atom. The van der Waals surface area contributed by atoms with Crippen molar-refractivity contribution in [1.29, 1.82) is 0 Å². The number of thioether (sulfide) groups is 1. The molecule has 1 aromatic carbocycles. The van der Waals surface area contributed by atoms with Crippen LogP contribution in [-0.2, 0) is 19.6 Å². The van der Waals surface area contributed by atoms with E-state index in [1.54, 1.807) is 12.1 Å². The number of anilines is 1. The maximum absolute atomic E-state index is 12.7. The first-order chi connectivity index (χ1) is 14.8. The molecule has 7 nitrogen and oxygen atoms in total. The second-order valence-electron chi connectivity index (χ2n) is 7.49. The number of nitrogens with one attached hydrogen (secondary N) is 1. The van der Waals surface area contributed by atoms with E-state index in [0.717, 1.165) is 17.7 Å². The molecule has 0 radical (unpaired) electrons. The Morgan fingerprint density at radius 2 is 1.90 bits per heavy atom. The Bertz CT molecular complexity index is 990. The van der Waals surface area contributed by atoms with Gasteiger partial charge in [-0.05, 0) is 43.0 Å². The van der Waals surface area contributed by atoms with Crippen molar-refractivity contribution in [3.63, 3.8) is 0 Å². The first kappa shape index (κ1) is 23.7. The molecule has 0 bridgehead atoms. The van der Waals surface area contributed by atoms with Gasteiger partial charge in [-0.25, -0.2) is 13.4 Å². The summed E-state index contributed by atoms with van der Waals surface area (Å²) in [6, 6.07) is 11.0. The molecule has 1 aliphatic heterocycles. The molecule has 168 valence electrons. The lowest BCUT2D eigenvalue weighted by Gasteiger charge is -2.25. The Morgan fingerprint density at radius 3 is 2.55 bits per heavy atom. The number of hydrogen-bond acceptors (Lipinski definition) is 6. The van der Waals surface area contributed by atoms with Gasteiger partial charge in [-0.2, -0.15) is 4.31 Å². The average molecular weight is 464 g/mol. The minimum absolute atomic E-state index is 0.118. The molecule has 2 heterocycles. The van der Waals surface area contributed by atoms with E-state index in [1.165, 1.54) is 22.3 Å². The van der Waals surface area contributed by atoms with Crippen molar-refractivity contribution >= 4 is 33.4 Å². The molecule has 3 rings (SSSR count). The molecule has 1 fully saturated rings. The second kappa shape index (κ2) is 10.6. The number of aromatic nitrogens is 1. The van der Waals surface area contributed by atoms with Gasteiger partial charge in [-0.15, -0.1) is 0 Å². The largest absolute Gasteiger partial charge is 0.379 e. The Hall–Kier alpha value is -1.94. The van der Waals surface area contributed by atoms with Crippen molar-refractivity contribution < 1.29 is 17.9 Å². The number of pyridine rings is 1. The minimum Gasteiger partial charge on any atom is -0.379 e. The van der Waals surface area contributed by atoms with E-state index >= 15 is 0 Å². The van der Waals surface area contributed by atoms with Gasteiger partial charge in [-0.3, -0.25) is 4.79 Å². The Kier molecular flexibility index (Phi) is 8.10. The van der Waals surface area contributed by atoms with E-state index < -0.39 is 10.0 Å². The molecule has 2 aromatic rings. The number of benzene rings is 1. The molecule has 1 aromatic heterocycles. The first-order valence-corrected chi connectivity index (χ1v) is 12.7. The topological polar surface area (TPSA) is 88.6 Å². The van der Waals surface area contributed by atoms with Gasteiger partial charge in [0.2, 0.25) is 15.9 Å². The van der Waals surface area contributed by atoms with Crippen LogP contribution in [0, 0.1) is 0 Å². The highest BCUT2D eigenvalue weighted by Gasteiger charge is 2.27. The first-order valence-electron chi connectivity index (χ1n) is 10.4. The van der Waals surface area contributed by atoms with Gasteiger partial charge in [0.1, 0.15) is 4.90 Å². The molecule has 2 unspecified atom stereocenters. The van der Waals surface area contributed by atoms with E-state index in [1.807, 2.05) is 31.2 Å². The molecule has 9 heteroatoms. The Labute approximate surface area is 188 Å². The van der Waals surface area contributed by atoms with Crippen molar-refractivity contribution in [2.75, 3.05) is 31.6 Å². The number of sulfonamides is 1. The van der Waals surface area contributed by atoms with Crippen LogP contribution >= 0.6 is 11.8 Å². The highest BCUT2D eigenvalue weighted by molar-refractivity contribution is 8.00. The number of para-hydroxylation sites is 1. The molecule has 1 N–H and O–H groups in total. The fraction of sp³-hybridized carbons (Fsp3) is 0.455. The highest BCUT2D eigenvalue weighted by atomic mass is 32.2. The molecule has 1 aliphatic rings. The Balaban J connectivity index is 1.64. The third-order valence-electron chi connectivity index (χ3n) is 5.35. The monoisotopic (exact) mass is 463 g/mol. The number of nitrogens with zero attached hydrogens (tertiary/aromatic N) is 2. The summed E-state index contributed by atoms with van der Waals surface area (Å²) in [7, 11) is -3.58. The predicted octanol–water partition coefficient (Wildman–Crippen LogP) is 3.74. The molecule has 0 spiro atoms. The number of hydrogen-bond donors (Lipinski definition) is 1. The van der Waals surface area contributed by atoms with Gasteiger partial charge in [0.25, 0.3) is 0 Å². The number of amides is 1. The van der Waals surface area contributed by atoms with Gasteiger partial charge in [-0.1, -0.05) is 43.8 Å². The lowest BCUT2D eigenvalue weighted by atomic mass is 9.97. The quantitative estimate of drug-likeness (QED) is 0.600. The molecule has 0 aliphatic carbocycles. The van der Waals surface area contributed by atoms with E-state index in [0.29, 0.717) is 37.2 Å². The van der Waals surface area contributed by atoms with Crippen molar-refractivity contribution in [1.82, 2.24) is 9.29 Å². The third-order valence-corrected chi connectivity index (χ3v) is 8.28. The van der Waals surface area contributed by atoms with Gasteiger partial charge in [0.05, 0.1) is 23.5 Å². The van der Waals surface area contributed by atoms with Crippen LogP contribution in [0.2, 0.25) is 0 Å². The summed E-state index contributed by atoms with van der Waals surface area (Å²) in [5.74, 6) is 0.231. The number of carbonyl (C=O) groups excluding carboxylic acids is 1. The SMILES string of the molecule is CCC(C)c1ccccc1NC(=O)C(C)Sc1ccc(S(=O)(=O)N2CCOCC2)cn1. The summed E-state index contributed by atoms with van der Waals surface area (Å²) in [6.45, 7) is 7.55. The summed E-state index contributed by atoms with van der Waals surface area (Å²) >= 11 is 1.29. The number of morpholine rings is 1. The van der Waals surface area contributed by atoms with Crippen LogP contribution < -0.4 is 5.32 Å². The molecule has 0 saturated carbocycles. The zero-order valence-corrected chi connectivity index (χ0v) is 19.7. The fourth-order valence-electron chi connectivity index (χ4n) is 3.25. The van der Waals surface area contributed by atoms with Gasteiger partial charge >= 0.3 is 0 Å². The van der Waals surface area contributed by atoms with Gasteiger partial charge < -0.3 is 10.1 Å². The maximum Gasteiger partial charge on any atom is 0.244 e. The van der Waals surface area contributed by atoms with Crippen molar-refractivity contribution in [3.05, 3.63) is 48.2 Å². The van der Waals surface area contributed by atoms with Gasteiger partial charge in [0.15, 0.2) is 0 Å². The van der Waals surface area contributed by atoms with Gasteiger partial charge in [0, 0.05) is 25.0 Å². The summed E-state index contributed by atoms with van der Waals surface area (Å²) in [6.07, 6.45) is 2.34. The summed E-state index contributed by atoms with van der Waals surface area (Å²) in [4.78, 5) is 17.2. The molecule has 1 saturated heterocycles. The van der Waals surface area contributed by atoms with Crippen LogP contribution in [0.3, 0.4) is 0 Å². The molecule has 31 heavy (non-hydrogen) atoms. The molecule has 2 atom stereocenters. The zero-order chi connectivity index (χ0) is 22.4. The summed E-state index contributed by atoms with van der Waals surface area (Å²) < 4.78 is 32.0. The second-order valence-corrected chi connectivity index (χ2v) is 10.8. The molecular formula is C22H29N3O4S2. The number of rotatable bonds is 8. The standard InChI is InChI=1S/C22H29N3O4S2/c1-4-16(2)19-7-5-6-8-20(19)24-22(26)17(3)30-21-10-9-18(15-23-21)31(27,28)25-11-13-29-14-12-25/h5-10,15-17H,4,11-14H2,1-3H3,(H,24,26). The fourth-order valence-corrected chi connectivity index (χ4v) is 5.40. The van der Waals surface area contributed by atoms with Crippen LogP contribution in [0.5, 0.6) is 0 Å². The smallest absolute Gasteiger partial charge is 0.244 e. The summed E-state index contributed by atoms with van der Waals surface area (Å²) in [5, 5.41) is 3.23. The van der Waals surface area contributed by atoms with Crippen LogP contribution in [0.15, 0.2) is 52.5 Å². The van der Waals surface area contributed by atoms with Crippen molar-refractivity contribution in [2.45, 2.75) is 48.3 Å². The van der Waals surface area contributed by atoms with E-state index in [-0.39, 0.29) is 16.1 Å². The molecular weight excluding hydrogens is 434 g/mol. The van der Waals surface area contributed by atoms with Crippen LogP contribution in [-0.4, -0.2) is 55.2 Å². The predicted molar refractivity (Wildman–Crippen MR) is 123 cm³/mol. The summed E-state index contributed by atoms with van der Waals surface area (Å²) in [5.41, 5.74) is 1.94. The number of ether oxygens (including phenoxy) is 1. The lowest BCUT2D eigenvalue weighted by molar-refractivity contribution is -0.115.